The van der Waals surface area contributed by atoms with Crippen molar-refractivity contribution in [2.45, 2.75) is 136 Å². The summed E-state index contributed by atoms with van der Waals surface area (Å²) in [5.74, 6) is 0.266. The molecule has 0 aromatic heterocycles. The number of nitrogens with one attached hydrogen (secondary N) is 1. The van der Waals surface area contributed by atoms with E-state index in [1.807, 2.05) is 0 Å². The van der Waals surface area contributed by atoms with Crippen molar-refractivity contribution >= 4 is 12.1 Å². The zero-order valence-electron chi connectivity index (χ0n) is 21.3. The van der Waals surface area contributed by atoms with Crippen LogP contribution >= 0.6 is 0 Å². The van der Waals surface area contributed by atoms with Crippen molar-refractivity contribution in [3.05, 3.63) is 0 Å². The number of unbranched alkanes of at least 4 members (excludes halogenated alkanes) is 8. The molecule has 1 fully saturated rings. The highest BCUT2D eigenvalue weighted by Crippen LogP contribution is 2.27. The number of alkyl carbamates (subject to hydrolysis) is 1. The third kappa shape index (κ3) is 13.3. The third-order valence-electron chi connectivity index (χ3n) is 6.88. The Hall–Kier alpha value is -1.26. The molecule has 0 heterocycles. The molecule has 1 saturated carbocycles. The van der Waals surface area contributed by atoms with Crippen LogP contribution in [-0.4, -0.2) is 31.3 Å². The fourth-order valence-electron chi connectivity index (χ4n) is 4.60. The average molecular weight is 454 g/mol. The lowest BCUT2D eigenvalue weighted by molar-refractivity contribution is -0.148. The summed E-state index contributed by atoms with van der Waals surface area (Å²) >= 11 is 0. The molecule has 0 aliphatic heterocycles. The predicted molar refractivity (Wildman–Crippen MR) is 132 cm³/mol. The number of ether oxygens (including phenoxy) is 2. The summed E-state index contributed by atoms with van der Waals surface area (Å²) in [7, 11) is 0. The zero-order chi connectivity index (χ0) is 23.4. The first kappa shape index (κ1) is 28.8. The van der Waals surface area contributed by atoms with Crippen LogP contribution in [0, 0.1) is 11.8 Å². The number of carbonyl (C=O) groups excluding carboxylic acids is 2. The number of hydrogen-bond donors (Lipinski definition) is 1. The van der Waals surface area contributed by atoms with Gasteiger partial charge in [-0.15, -0.1) is 0 Å². The second kappa shape index (κ2) is 19.2. The van der Waals surface area contributed by atoms with Crippen LogP contribution in [0.4, 0.5) is 4.79 Å². The SMILES string of the molecule is CCCCCCCCCCOC(=O)C(NC(=O)OCC(CC)CCCC)C1CCCCC1. The first-order valence-corrected chi connectivity index (χ1v) is 13.7. The van der Waals surface area contributed by atoms with Gasteiger partial charge in [0.25, 0.3) is 0 Å². The predicted octanol–water partition coefficient (Wildman–Crippen LogP) is 7.56. The van der Waals surface area contributed by atoms with Gasteiger partial charge in [-0.2, -0.15) is 0 Å². The van der Waals surface area contributed by atoms with Crippen LogP contribution in [0.25, 0.3) is 0 Å². The highest BCUT2D eigenvalue weighted by molar-refractivity contribution is 5.81. The molecule has 5 heteroatoms. The summed E-state index contributed by atoms with van der Waals surface area (Å²) in [6.07, 6.45) is 19.0. The number of amides is 1. The van der Waals surface area contributed by atoms with E-state index in [-0.39, 0.29) is 11.9 Å². The molecule has 1 N–H and O–H groups in total. The highest BCUT2D eigenvalue weighted by Gasteiger charge is 2.32. The van der Waals surface area contributed by atoms with E-state index in [1.165, 1.54) is 44.9 Å². The Labute approximate surface area is 197 Å². The van der Waals surface area contributed by atoms with Gasteiger partial charge in [0.05, 0.1) is 13.2 Å². The molecule has 2 atom stereocenters. The Balaban J connectivity index is 2.39. The van der Waals surface area contributed by atoms with E-state index in [0.717, 1.165) is 64.2 Å². The largest absolute Gasteiger partial charge is 0.464 e. The van der Waals surface area contributed by atoms with Gasteiger partial charge < -0.3 is 14.8 Å². The smallest absolute Gasteiger partial charge is 0.407 e. The molecule has 0 radical (unpaired) electrons. The molecule has 1 amide bonds. The molecule has 0 saturated heterocycles. The molecule has 32 heavy (non-hydrogen) atoms. The van der Waals surface area contributed by atoms with E-state index in [4.69, 9.17) is 9.47 Å². The van der Waals surface area contributed by atoms with Crippen molar-refractivity contribution < 1.29 is 19.1 Å². The molecule has 0 bridgehead atoms. The first-order valence-electron chi connectivity index (χ1n) is 13.7. The fourth-order valence-corrected chi connectivity index (χ4v) is 4.60. The molecule has 0 aromatic carbocycles. The standard InChI is InChI=1S/C27H51NO4/c1-4-7-9-10-11-12-13-17-21-31-26(29)25(24-19-15-14-16-20-24)28-27(30)32-22-23(6-3)18-8-5-2/h23-25H,4-22H2,1-3H3,(H,28,30). The van der Waals surface area contributed by atoms with Crippen LogP contribution in [0.15, 0.2) is 0 Å². The Morgan fingerprint density at radius 2 is 1.44 bits per heavy atom. The Morgan fingerprint density at radius 3 is 2.06 bits per heavy atom. The molecule has 1 aliphatic rings. The maximum Gasteiger partial charge on any atom is 0.407 e. The lowest BCUT2D eigenvalue weighted by Gasteiger charge is -2.29. The van der Waals surface area contributed by atoms with E-state index >= 15 is 0 Å². The van der Waals surface area contributed by atoms with Gasteiger partial charge >= 0.3 is 12.1 Å². The molecular weight excluding hydrogens is 402 g/mol. The summed E-state index contributed by atoms with van der Waals surface area (Å²) in [6.45, 7) is 7.41. The van der Waals surface area contributed by atoms with Crippen molar-refractivity contribution in [3.63, 3.8) is 0 Å². The van der Waals surface area contributed by atoms with Gasteiger partial charge in [-0.05, 0) is 37.5 Å². The van der Waals surface area contributed by atoms with Crippen molar-refractivity contribution in [2.24, 2.45) is 11.8 Å². The van der Waals surface area contributed by atoms with E-state index in [0.29, 0.717) is 19.1 Å². The van der Waals surface area contributed by atoms with Gasteiger partial charge in [0, 0.05) is 0 Å². The summed E-state index contributed by atoms with van der Waals surface area (Å²) < 4.78 is 11.1. The fraction of sp³-hybridized carbons (Fsp3) is 0.926. The van der Waals surface area contributed by atoms with Crippen LogP contribution in [0.5, 0.6) is 0 Å². The molecule has 188 valence electrons. The third-order valence-corrected chi connectivity index (χ3v) is 6.88. The maximum atomic E-state index is 12.8. The van der Waals surface area contributed by atoms with Crippen LogP contribution in [0.2, 0.25) is 0 Å². The first-order chi connectivity index (χ1) is 15.6. The lowest BCUT2D eigenvalue weighted by atomic mass is 9.84. The molecule has 2 unspecified atom stereocenters. The van der Waals surface area contributed by atoms with Crippen molar-refractivity contribution in [3.8, 4) is 0 Å². The normalized spacial score (nSPS) is 16.3. The van der Waals surface area contributed by atoms with Crippen molar-refractivity contribution in [1.82, 2.24) is 5.32 Å². The molecule has 1 rings (SSSR count). The van der Waals surface area contributed by atoms with Crippen LogP contribution < -0.4 is 5.32 Å². The van der Waals surface area contributed by atoms with Gasteiger partial charge in [0.15, 0.2) is 0 Å². The van der Waals surface area contributed by atoms with Gasteiger partial charge in [-0.1, -0.05) is 104 Å². The number of rotatable bonds is 18. The topological polar surface area (TPSA) is 64.6 Å². The Morgan fingerprint density at radius 1 is 0.812 bits per heavy atom. The van der Waals surface area contributed by atoms with Gasteiger partial charge in [0.2, 0.25) is 0 Å². The summed E-state index contributed by atoms with van der Waals surface area (Å²) in [5, 5.41) is 2.87. The van der Waals surface area contributed by atoms with Crippen LogP contribution in [0.3, 0.4) is 0 Å². The second-order valence-electron chi connectivity index (χ2n) is 9.68. The number of esters is 1. The number of carbonyl (C=O) groups is 2. The van der Waals surface area contributed by atoms with Crippen LogP contribution in [-0.2, 0) is 14.3 Å². The summed E-state index contributed by atoms with van der Waals surface area (Å²) in [4.78, 5) is 25.3. The number of hydrogen-bond acceptors (Lipinski definition) is 4. The summed E-state index contributed by atoms with van der Waals surface area (Å²) in [6, 6.07) is -0.576. The Kier molecular flexibility index (Phi) is 17.3. The monoisotopic (exact) mass is 453 g/mol. The van der Waals surface area contributed by atoms with E-state index < -0.39 is 12.1 Å². The highest BCUT2D eigenvalue weighted by atomic mass is 16.6. The lowest BCUT2D eigenvalue weighted by Crippen LogP contribution is -2.48. The van der Waals surface area contributed by atoms with Gasteiger partial charge in [0.1, 0.15) is 6.04 Å². The molecule has 1 aliphatic carbocycles. The summed E-state index contributed by atoms with van der Waals surface area (Å²) in [5.41, 5.74) is 0. The minimum absolute atomic E-state index is 0.157. The quantitative estimate of drug-likeness (QED) is 0.172. The maximum absolute atomic E-state index is 12.8. The molecule has 5 nitrogen and oxygen atoms in total. The second-order valence-corrected chi connectivity index (χ2v) is 9.68. The average Bonchev–Trinajstić information content (AvgIpc) is 2.82. The van der Waals surface area contributed by atoms with Gasteiger partial charge in [-0.3, -0.25) is 0 Å². The van der Waals surface area contributed by atoms with Gasteiger partial charge in [-0.25, -0.2) is 9.59 Å². The molecular formula is C27H51NO4. The zero-order valence-corrected chi connectivity index (χ0v) is 21.3. The van der Waals surface area contributed by atoms with Crippen molar-refractivity contribution in [2.75, 3.05) is 13.2 Å². The van der Waals surface area contributed by atoms with Crippen molar-refractivity contribution in [1.29, 1.82) is 0 Å². The van der Waals surface area contributed by atoms with E-state index in [1.54, 1.807) is 0 Å². The minimum Gasteiger partial charge on any atom is -0.464 e. The minimum atomic E-state index is -0.576. The van der Waals surface area contributed by atoms with E-state index in [2.05, 4.69) is 26.1 Å². The van der Waals surface area contributed by atoms with E-state index in [9.17, 15) is 9.59 Å². The molecule has 0 aromatic rings. The molecule has 0 spiro atoms. The Bertz CT molecular complexity index is 476. The van der Waals surface area contributed by atoms with Crippen LogP contribution in [0.1, 0.15) is 130 Å².